The first kappa shape index (κ1) is 32.9. The summed E-state index contributed by atoms with van der Waals surface area (Å²) >= 11 is 0. The number of ether oxygens (including phenoxy) is 2. The summed E-state index contributed by atoms with van der Waals surface area (Å²) in [4.78, 5) is 10.4. The van der Waals surface area contributed by atoms with Crippen LogP contribution >= 0.6 is 0 Å². The summed E-state index contributed by atoms with van der Waals surface area (Å²) in [5.41, 5.74) is 5.99. The summed E-state index contributed by atoms with van der Waals surface area (Å²) in [7, 11) is 1.74. The van der Waals surface area contributed by atoms with E-state index in [9.17, 15) is 0 Å². The Morgan fingerprint density at radius 2 is 1.32 bits per heavy atom. The van der Waals surface area contributed by atoms with Crippen molar-refractivity contribution < 1.29 is 9.47 Å². The molecule has 41 heavy (non-hydrogen) atoms. The fraction of sp³-hybridized carbons (Fsp3) is 0.622. The van der Waals surface area contributed by atoms with E-state index in [1.165, 1.54) is 61.6 Å². The maximum atomic E-state index is 6.62. The Balaban J connectivity index is 1.92. The minimum atomic E-state index is -0.267. The summed E-state index contributed by atoms with van der Waals surface area (Å²) < 4.78 is 12.3. The van der Waals surface area contributed by atoms with Crippen LogP contribution in [0.2, 0.25) is 0 Å². The van der Waals surface area contributed by atoms with E-state index in [1.54, 1.807) is 7.11 Å². The van der Waals surface area contributed by atoms with Gasteiger partial charge in [0.2, 0.25) is 0 Å². The van der Waals surface area contributed by atoms with Gasteiger partial charge < -0.3 is 9.47 Å². The fourth-order valence-corrected chi connectivity index (χ4v) is 5.60. The lowest BCUT2D eigenvalue weighted by atomic mass is 9.91. The monoisotopic (exact) mass is 560 g/mol. The standard InChI is InChI=1S/C37H56N2O2/c1-8-11-16-28-21-22-35(40-7)31(23-28)26-38-33-19-14-15-20-34(33)39-27-32-25-29(17-12-9-2)24-30(18-13-10-3)36(32)41-37(4,5)6/h21-27,33-34H,8-20H2,1-7H3. The largest absolute Gasteiger partial charge is 0.496 e. The molecule has 1 saturated carbocycles. The zero-order valence-electron chi connectivity index (χ0n) is 27.1. The van der Waals surface area contributed by atoms with Crippen LogP contribution in [0.5, 0.6) is 11.5 Å². The first-order chi connectivity index (χ1) is 19.8. The second-order valence-corrected chi connectivity index (χ2v) is 12.8. The number of hydrogen-bond acceptors (Lipinski definition) is 4. The van der Waals surface area contributed by atoms with Gasteiger partial charge >= 0.3 is 0 Å². The van der Waals surface area contributed by atoms with Crippen LogP contribution in [0.25, 0.3) is 0 Å². The smallest absolute Gasteiger partial charge is 0.132 e. The molecule has 2 aromatic carbocycles. The van der Waals surface area contributed by atoms with Crippen molar-refractivity contribution in [2.75, 3.05) is 7.11 Å². The normalized spacial score (nSPS) is 17.9. The zero-order chi connectivity index (χ0) is 29.7. The molecule has 0 bridgehead atoms. The Morgan fingerprint density at radius 1 is 0.756 bits per heavy atom. The molecular weight excluding hydrogens is 504 g/mol. The Morgan fingerprint density at radius 3 is 1.90 bits per heavy atom. The van der Waals surface area contributed by atoms with Crippen molar-refractivity contribution in [1.29, 1.82) is 0 Å². The summed E-state index contributed by atoms with van der Waals surface area (Å²) in [6.07, 6.45) is 19.0. The van der Waals surface area contributed by atoms with Gasteiger partial charge in [0.25, 0.3) is 0 Å². The Bertz CT molecular complexity index is 1130. The molecule has 0 radical (unpaired) electrons. The van der Waals surface area contributed by atoms with Crippen LogP contribution in [0.1, 0.15) is 134 Å². The second-order valence-electron chi connectivity index (χ2n) is 12.8. The van der Waals surface area contributed by atoms with E-state index < -0.39 is 0 Å². The van der Waals surface area contributed by atoms with Crippen LogP contribution in [0.4, 0.5) is 0 Å². The van der Waals surface area contributed by atoms with E-state index in [2.05, 4.69) is 78.1 Å². The molecule has 4 nitrogen and oxygen atoms in total. The van der Waals surface area contributed by atoms with Crippen LogP contribution < -0.4 is 9.47 Å². The molecule has 226 valence electrons. The molecule has 3 rings (SSSR count). The van der Waals surface area contributed by atoms with Crippen molar-refractivity contribution in [1.82, 2.24) is 0 Å². The van der Waals surface area contributed by atoms with Gasteiger partial charge in [-0.1, -0.05) is 65.0 Å². The number of rotatable bonds is 15. The van der Waals surface area contributed by atoms with Gasteiger partial charge in [0.1, 0.15) is 17.1 Å². The van der Waals surface area contributed by atoms with E-state index in [0.717, 1.165) is 61.2 Å². The molecule has 0 N–H and O–H groups in total. The number of aliphatic imine (C=N–C) groups is 2. The Labute approximate surface area is 251 Å². The van der Waals surface area contributed by atoms with Gasteiger partial charge in [-0.3, -0.25) is 9.98 Å². The van der Waals surface area contributed by atoms with Gasteiger partial charge in [0.05, 0.1) is 19.2 Å². The van der Waals surface area contributed by atoms with Gasteiger partial charge in [0, 0.05) is 23.6 Å². The molecule has 4 heteroatoms. The third-order valence-electron chi connectivity index (χ3n) is 7.90. The van der Waals surface area contributed by atoms with Gasteiger partial charge in [0.15, 0.2) is 0 Å². The van der Waals surface area contributed by atoms with Crippen molar-refractivity contribution >= 4 is 12.4 Å². The van der Waals surface area contributed by atoms with Crippen molar-refractivity contribution in [3.8, 4) is 11.5 Å². The number of benzene rings is 2. The van der Waals surface area contributed by atoms with E-state index >= 15 is 0 Å². The van der Waals surface area contributed by atoms with Crippen molar-refractivity contribution in [3.63, 3.8) is 0 Å². The molecular formula is C37H56N2O2. The average molecular weight is 561 g/mol. The van der Waals surface area contributed by atoms with Crippen LogP contribution in [-0.4, -0.2) is 37.2 Å². The minimum absolute atomic E-state index is 0.176. The second kappa shape index (κ2) is 16.7. The Kier molecular flexibility index (Phi) is 13.4. The lowest BCUT2D eigenvalue weighted by molar-refractivity contribution is 0.129. The van der Waals surface area contributed by atoms with E-state index in [1.807, 2.05) is 6.21 Å². The van der Waals surface area contributed by atoms with Crippen LogP contribution in [0, 0.1) is 0 Å². The van der Waals surface area contributed by atoms with Gasteiger partial charge in [-0.2, -0.15) is 0 Å². The van der Waals surface area contributed by atoms with Crippen LogP contribution in [-0.2, 0) is 19.3 Å². The predicted molar refractivity (Wildman–Crippen MR) is 177 cm³/mol. The van der Waals surface area contributed by atoms with Gasteiger partial charge in [-0.15, -0.1) is 0 Å². The van der Waals surface area contributed by atoms with E-state index in [-0.39, 0.29) is 17.7 Å². The minimum Gasteiger partial charge on any atom is -0.496 e. The summed E-state index contributed by atoms with van der Waals surface area (Å²) in [6, 6.07) is 11.6. The molecule has 1 fully saturated rings. The highest BCUT2D eigenvalue weighted by Crippen LogP contribution is 2.32. The van der Waals surface area contributed by atoms with Gasteiger partial charge in [-0.05, 0) is 107 Å². The highest BCUT2D eigenvalue weighted by Gasteiger charge is 2.24. The Hall–Kier alpha value is -2.62. The summed E-state index contributed by atoms with van der Waals surface area (Å²) in [5, 5.41) is 0. The van der Waals surface area contributed by atoms with E-state index in [4.69, 9.17) is 19.5 Å². The number of unbranched alkanes of at least 4 members (excludes halogenated alkanes) is 3. The SMILES string of the molecule is CCCCc1ccc(OC)c(C=NC2CCCCC2N=Cc2cc(CCCC)cc(CCCC)c2OC(C)(C)C)c1. The quantitative estimate of drug-likeness (QED) is 0.203. The molecule has 1 aliphatic rings. The molecule has 0 spiro atoms. The lowest BCUT2D eigenvalue weighted by Gasteiger charge is -2.27. The molecule has 1 aliphatic carbocycles. The number of methoxy groups -OCH3 is 1. The molecule has 2 atom stereocenters. The molecule has 0 aromatic heterocycles. The van der Waals surface area contributed by atoms with Crippen LogP contribution in [0.3, 0.4) is 0 Å². The maximum Gasteiger partial charge on any atom is 0.132 e. The fourth-order valence-electron chi connectivity index (χ4n) is 5.60. The lowest BCUT2D eigenvalue weighted by Crippen LogP contribution is -2.27. The molecule has 2 aromatic rings. The first-order valence-corrected chi connectivity index (χ1v) is 16.4. The highest BCUT2D eigenvalue weighted by atomic mass is 16.5. The summed E-state index contributed by atoms with van der Waals surface area (Å²) in [6.45, 7) is 13.2. The molecule has 0 heterocycles. The van der Waals surface area contributed by atoms with Crippen molar-refractivity contribution in [2.24, 2.45) is 9.98 Å². The molecule has 0 amide bonds. The zero-order valence-corrected chi connectivity index (χ0v) is 27.1. The number of aryl methyl sites for hydroxylation is 3. The third-order valence-corrected chi connectivity index (χ3v) is 7.90. The average Bonchev–Trinajstić information content (AvgIpc) is 2.96. The van der Waals surface area contributed by atoms with E-state index in [0.29, 0.717) is 0 Å². The van der Waals surface area contributed by atoms with Crippen molar-refractivity contribution in [2.45, 2.75) is 143 Å². The molecule has 2 unspecified atom stereocenters. The molecule has 0 saturated heterocycles. The maximum absolute atomic E-state index is 6.62. The number of nitrogens with zero attached hydrogens (tertiary/aromatic N) is 2. The van der Waals surface area contributed by atoms with Crippen molar-refractivity contribution in [3.05, 3.63) is 58.1 Å². The molecule has 0 aliphatic heterocycles. The number of hydrogen-bond donors (Lipinski definition) is 0. The van der Waals surface area contributed by atoms with Gasteiger partial charge in [-0.25, -0.2) is 0 Å². The first-order valence-electron chi connectivity index (χ1n) is 16.4. The van der Waals surface area contributed by atoms with Crippen LogP contribution in [0.15, 0.2) is 40.3 Å². The highest BCUT2D eigenvalue weighted by molar-refractivity contribution is 5.85. The predicted octanol–water partition coefficient (Wildman–Crippen LogP) is 9.75. The summed E-state index contributed by atoms with van der Waals surface area (Å²) in [5.74, 6) is 1.90. The topological polar surface area (TPSA) is 43.2 Å². The third kappa shape index (κ3) is 10.6.